The molecule has 1 radical (unpaired) electrons. The summed E-state index contributed by atoms with van der Waals surface area (Å²) < 4.78 is 17.1. The van der Waals surface area contributed by atoms with Gasteiger partial charge in [0.2, 0.25) is 8.32 Å². The van der Waals surface area contributed by atoms with Crippen molar-refractivity contribution < 1.29 is 8.23 Å². The highest BCUT2D eigenvalue weighted by molar-refractivity contribution is 7.15. The molecule has 0 unspecified atom stereocenters. The highest BCUT2D eigenvalue weighted by Gasteiger charge is 2.57. The van der Waals surface area contributed by atoms with E-state index in [-0.39, 0.29) is 0 Å². The van der Waals surface area contributed by atoms with E-state index in [1.165, 1.54) is 25.9 Å². The molecule has 53 heavy (non-hydrogen) atoms. The first-order valence-corrected chi connectivity index (χ1v) is 24.6. The van der Waals surface area contributed by atoms with Crippen molar-refractivity contribution in [2.75, 3.05) is 0 Å². The third-order valence-corrected chi connectivity index (χ3v) is 24.4. The summed E-state index contributed by atoms with van der Waals surface area (Å²) in [6.07, 6.45) is 4.17. The molecule has 0 atom stereocenters. The molecule has 263 valence electrons. The molecule has 5 heteroatoms. The van der Waals surface area contributed by atoms with Crippen LogP contribution in [0, 0.1) is 6.92 Å². The largest absolute Gasteiger partial charge is 0.422 e. The lowest BCUT2D eigenvalue weighted by Gasteiger charge is -2.47. The summed E-state index contributed by atoms with van der Waals surface area (Å²) >= 11 is 0. The number of hydrogen-bond donors (Lipinski definition) is 0. The molecule has 0 N–H and O–H groups in total. The molecule has 2 nitrogen and oxygen atoms in total. The molecule has 0 aliphatic rings. The number of rotatable bonds is 16. The van der Waals surface area contributed by atoms with E-state index >= 15 is 0 Å². The second-order valence-electron chi connectivity index (χ2n) is 13.6. The summed E-state index contributed by atoms with van der Waals surface area (Å²) in [6, 6.07) is 77.6. The van der Waals surface area contributed by atoms with Crippen molar-refractivity contribution >= 4 is 61.5 Å². The van der Waals surface area contributed by atoms with Gasteiger partial charge in [0.05, 0.1) is 0 Å². The lowest BCUT2D eigenvalue weighted by Crippen LogP contribution is -2.81. The van der Waals surface area contributed by atoms with Crippen molar-refractivity contribution in [1.82, 2.24) is 0 Å². The van der Waals surface area contributed by atoms with Crippen LogP contribution >= 0.6 is 0 Å². The topological polar surface area (TPSA) is 18.5 Å². The van der Waals surface area contributed by atoms with E-state index in [2.05, 4.69) is 219 Å². The Morgan fingerprint density at radius 3 is 0.943 bits per heavy atom. The minimum Gasteiger partial charge on any atom is -0.422 e. The second kappa shape index (κ2) is 17.3. The highest BCUT2D eigenvalue weighted by atomic mass is 28.5. The summed E-state index contributed by atoms with van der Waals surface area (Å²) in [7, 11) is -10.1. The van der Waals surface area contributed by atoms with Gasteiger partial charge >= 0.3 is 8.56 Å². The zero-order valence-corrected chi connectivity index (χ0v) is 33.3. The molecule has 0 aliphatic carbocycles. The van der Waals surface area contributed by atoms with Crippen LogP contribution in [0.2, 0.25) is 6.04 Å². The summed E-state index contributed by atoms with van der Waals surface area (Å²) in [6.45, 7) is 4.17. The fraction of sp³-hybridized carbons (Fsp3) is 0.104. The van der Waals surface area contributed by atoms with Gasteiger partial charge in [-0.2, -0.15) is 0 Å². The van der Waals surface area contributed by atoms with Crippen LogP contribution in [-0.4, -0.2) is 25.2 Å². The predicted octanol–water partition coefficient (Wildman–Crippen LogP) is 7.10. The molecule has 0 bridgehead atoms. The van der Waals surface area contributed by atoms with Gasteiger partial charge in [0.25, 0.3) is 8.32 Å². The van der Waals surface area contributed by atoms with Crippen LogP contribution in [0.4, 0.5) is 0 Å². The van der Waals surface area contributed by atoms with E-state index in [0.29, 0.717) is 0 Å². The molecular formula is C48H47O2Si3. The Morgan fingerprint density at radius 1 is 0.321 bits per heavy atom. The van der Waals surface area contributed by atoms with Crippen LogP contribution in [0.25, 0.3) is 0 Å². The Kier molecular flexibility index (Phi) is 11.9. The van der Waals surface area contributed by atoms with Crippen LogP contribution in [0.5, 0.6) is 0 Å². The Labute approximate surface area is 319 Å². The fourth-order valence-electron chi connectivity index (χ4n) is 7.66. The lowest BCUT2D eigenvalue weighted by molar-refractivity contribution is 0.422. The van der Waals surface area contributed by atoms with Gasteiger partial charge in [0.15, 0.2) is 0 Å². The number of benzene rings is 7. The van der Waals surface area contributed by atoms with Gasteiger partial charge in [0.1, 0.15) is 0 Å². The van der Waals surface area contributed by atoms with E-state index < -0.39 is 25.2 Å². The van der Waals surface area contributed by atoms with Crippen molar-refractivity contribution in [3.63, 3.8) is 0 Å². The fourth-order valence-corrected chi connectivity index (χ4v) is 24.2. The molecule has 0 amide bonds. The first-order chi connectivity index (χ1) is 26.2. The standard InChI is InChI=1S/C48H47O2Si3/c1-2-3-4-26-41-51(42-27-12-5-13-28-42,43-29-14-6-15-30-43)49-53(47-37-22-10-23-38-47,48-39-24-11-25-40-48)50-52(44-31-16-7-17-32-44,45-33-18-8-19-34-45)46-35-20-9-21-36-46/h5-25,27-40H,1-4,26,41H2. The van der Waals surface area contributed by atoms with E-state index in [1.54, 1.807) is 0 Å². The molecule has 0 heterocycles. The average molecular weight is 740 g/mol. The molecule has 0 fully saturated rings. The van der Waals surface area contributed by atoms with E-state index in [4.69, 9.17) is 8.23 Å². The summed E-state index contributed by atoms with van der Waals surface area (Å²) in [5, 5.41) is 8.30. The zero-order valence-electron chi connectivity index (χ0n) is 30.3. The maximum atomic E-state index is 8.56. The maximum Gasteiger partial charge on any atom is 0.387 e. The van der Waals surface area contributed by atoms with E-state index in [1.807, 2.05) is 0 Å². The number of hydrogen-bond acceptors (Lipinski definition) is 2. The third kappa shape index (κ3) is 7.63. The molecule has 0 aliphatic heterocycles. The third-order valence-electron chi connectivity index (χ3n) is 10.2. The minimum atomic E-state index is -3.69. The van der Waals surface area contributed by atoms with Crippen LogP contribution in [0.3, 0.4) is 0 Å². The first kappa shape index (κ1) is 36.5. The van der Waals surface area contributed by atoms with Gasteiger partial charge in [-0.05, 0) is 42.4 Å². The summed E-state index contributed by atoms with van der Waals surface area (Å²) in [4.78, 5) is 0. The van der Waals surface area contributed by atoms with Gasteiger partial charge < -0.3 is 8.23 Å². The van der Waals surface area contributed by atoms with Crippen LogP contribution in [0.1, 0.15) is 25.7 Å². The highest BCUT2D eigenvalue weighted by Crippen LogP contribution is 2.27. The normalized spacial score (nSPS) is 12.0. The second-order valence-corrected chi connectivity index (χ2v) is 24.0. The smallest absolute Gasteiger partial charge is 0.387 e. The van der Waals surface area contributed by atoms with Gasteiger partial charge in [0, 0.05) is 0 Å². The number of unbranched alkanes of at least 4 members (excludes halogenated alkanes) is 3. The molecule has 0 saturated carbocycles. The van der Waals surface area contributed by atoms with Crippen LogP contribution in [-0.2, 0) is 8.23 Å². The Bertz CT molecular complexity index is 1920. The molecule has 7 aromatic carbocycles. The predicted molar refractivity (Wildman–Crippen MR) is 231 cm³/mol. The van der Waals surface area contributed by atoms with Crippen molar-refractivity contribution in [2.24, 2.45) is 0 Å². The first-order valence-electron chi connectivity index (χ1n) is 18.8. The SMILES string of the molecule is [CH2]CCCCC[Si](O[Si](O[Si](c1ccccc1)(c1ccccc1)c1ccccc1)(c1ccccc1)c1ccccc1)(c1ccccc1)c1ccccc1. The quantitative estimate of drug-likeness (QED) is 0.0599. The molecule has 0 spiro atoms. The Balaban J connectivity index is 1.60. The van der Waals surface area contributed by atoms with Gasteiger partial charge in [-0.1, -0.05) is 245 Å². The van der Waals surface area contributed by atoms with Crippen molar-refractivity contribution in [3.8, 4) is 0 Å². The van der Waals surface area contributed by atoms with Crippen molar-refractivity contribution in [3.05, 3.63) is 219 Å². The Morgan fingerprint density at radius 2 is 0.623 bits per heavy atom. The Hall–Kier alpha value is -4.89. The zero-order chi connectivity index (χ0) is 36.2. The van der Waals surface area contributed by atoms with Crippen LogP contribution < -0.4 is 36.3 Å². The molecule has 0 aromatic heterocycles. The monoisotopic (exact) mass is 739 g/mol. The van der Waals surface area contributed by atoms with Gasteiger partial charge in [-0.3, -0.25) is 0 Å². The molecule has 7 rings (SSSR count). The van der Waals surface area contributed by atoms with Crippen molar-refractivity contribution in [2.45, 2.75) is 31.7 Å². The van der Waals surface area contributed by atoms with E-state index in [0.717, 1.165) is 42.1 Å². The molecular weight excluding hydrogens is 693 g/mol. The van der Waals surface area contributed by atoms with Crippen LogP contribution in [0.15, 0.2) is 212 Å². The maximum absolute atomic E-state index is 8.56. The molecule has 7 aromatic rings. The van der Waals surface area contributed by atoms with Gasteiger partial charge in [-0.15, -0.1) is 0 Å². The lowest BCUT2D eigenvalue weighted by atomic mass is 10.2. The van der Waals surface area contributed by atoms with E-state index in [9.17, 15) is 0 Å². The molecule has 0 saturated heterocycles. The minimum absolute atomic E-state index is 0.926. The van der Waals surface area contributed by atoms with Crippen molar-refractivity contribution in [1.29, 1.82) is 0 Å². The van der Waals surface area contributed by atoms with Gasteiger partial charge in [-0.25, -0.2) is 0 Å². The average Bonchev–Trinajstić information content (AvgIpc) is 3.25. The summed E-state index contributed by atoms with van der Waals surface area (Å²) in [5.41, 5.74) is 0. The summed E-state index contributed by atoms with van der Waals surface area (Å²) in [5.74, 6) is 0.